The Bertz CT molecular complexity index is 779. The first kappa shape index (κ1) is 23.0. The lowest BCUT2D eigenvalue weighted by Gasteiger charge is -2.39. The second-order valence-electron chi connectivity index (χ2n) is 8.36. The second-order valence-corrected chi connectivity index (χ2v) is 10.3. The SMILES string of the molecule is CN=C(NCCS(=O)(=O)NCC1CCCCO1)N1CCC(c2ccccc2)C(C)C1. The normalized spacial score (nSPS) is 25.9. The van der Waals surface area contributed by atoms with E-state index >= 15 is 0 Å². The molecule has 0 aliphatic carbocycles. The molecule has 0 bridgehead atoms. The molecule has 1 aromatic carbocycles. The number of nitrogens with zero attached hydrogens (tertiary/aromatic N) is 2. The van der Waals surface area contributed by atoms with Crippen LogP contribution >= 0.6 is 0 Å². The average Bonchev–Trinajstić information content (AvgIpc) is 2.77. The first-order chi connectivity index (χ1) is 14.5. The van der Waals surface area contributed by atoms with Crippen LogP contribution in [0.1, 0.15) is 44.1 Å². The number of hydrogen-bond donors (Lipinski definition) is 2. The van der Waals surface area contributed by atoms with E-state index in [2.05, 4.69) is 57.2 Å². The number of benzene rings is 1. The minimum atomic E-state index is -3.34. The Balaban J connectivity index is 1.43. The molecule has 3 unspecified atom stereocenters. The summed E-state index contributed by atoms with van der Waals surface area (Å²) >= 11 is 0. The highest BCUT2D eigenvalue weighted by molar-refractivity contribution is 7.89. The highest BCUT2D eigenvalue weighted by Crippen LogP contribution is 2.32. The minimum Gasteiger partial charge on any atom is -0.377 e. The Morgan fingerprint density at radius 1 is 1.23 bits per heavy atom. The van der Waals surface area contributed by atoms with E-state index in [-0.39, 0.29) is 11.9 Å². The fourth-order valence-corrected chi connectivity index (χ4v) is 5.38. The number of aliphatic imine (C=N–C) groups is 1. The maximum Gasteiger partial charge on any atom is 0.213 e. The topological polar surface area (TPSA) is 83.0 Å². The molecule has 2 aliphatic heterocycles. The third-order valence-electron chi connectivity index (χ3n) is 6.10. The van der Waals surface area contributed by atoms with Crippen LogP contribution in [0.3, 0.4) is 0 Å². The quantitative estimate of drug-likeness (QED) is 0.506. The predicted octanol–water partition coefficient (Wildman–Crippen LogP) is 2.18. The predicted molar refractivity (Wildman–Crippen MR) is 121 cm³/mol. The molecule has 2 saturated heterocycles. The first-order valence-electron chi connectivity index (χ1n) is 11.1. The molecule has 1 aromatic rings. The van der Waals surface area contributed by atoms with Gasteiger partial charge in [-0.25, -0.2) is 13.1 Å². The lowest BCUT2D eigenvalue weighted by Crippen LogP contribution is -2.49. The van der Waals surface area contributed by atoms with Crippen LogP contribution in [0.25, 0.3) is 0 Å². The largest absolute Gasteiger partial charge is 0.377 e. The smallest absolute Gasteiger partial charge is 0.213 e. The van der Waals surface area contributed by atoms with Crippen LogP contribution in [0.4, 0.5) is 0 Å². The van der Waals surface area contributed by atoms with Gasteiger partial charge in [0, 0.05) is 39.8 Å². The van der Waals surface area contributed by atoms with E-state index in [9.17, 15) is 8.42 Å². The lowest BCUT2D eigenvalue weighted by molar-refractivity contribution is 0.0200. The van der Waals surface area contributed by atoms with Gasteiger partial charge in [-0.3, -0.25) is 4.99 Å². The Morgan fingerprint density at radius 2 is 2.03 bits per heavy atom. The van der Waals surface area contributed by atoms with E-state index in [4.69, 9.17) is 4.74 Å². The zero-order chi connectivity index (χ0) is 21.4. The van der Waals surface area contributed by atoms with Gasteiger partial charge in [0.25, 0.3) is 0 Å². The molecule has 3 atom stereocenters. The van der Waals surface area contributed by atoms with Gasteiger partial charge in [0.15, 0.2) is 5.96 Å². The summed E-state index contributed by atoms with van der Waals surface area (Å²) in [6, 6.07) is 10.7. The molecule has 2 fully saturated rings. The summed E-state index contributed by atoms with van der Waals surface area (Å²) in [6.45, 7) is 5.52. The van der Waals surface area contributed by atoms with Crippen molar-refractivity contribution in [1.82, 2.24) is 14.9 Å². The van der Waals surface area contributed by atoms with Crippen molar-refractivity contribution in [2.45, 2.75) is 44.6 Å². The Labute approximate surface area is 181 Å². The second kappa shape index (κ2) is 11.1. The molecule has 0 radical (unpaired) electrons. The van der Waals surface area contributed by atoms with E-state index < -0.39 is 10.0 Å². The van der Waals surface area contributed by atoms with Gasteiger partial charge in [-0.1, -0.05) is 37.3 Å². The van der Waals surface area contributed by atoms with E-state index in [1.807, 2.05) is 0 Å². The summed E-state index contributed by atoms with van der Waals surface area (Å²) in [4.78, 5) is 6.62. The van der Waals surface area contributed by atoms with Gasteiger partial charge < -0.3 is 15.0 Å². The van der Waals surface area contributed by atoms with Gasteiger partial charge in [-0.05, 0) is 43.1 Å². The molecule has 0 spiro atoms. The van der Waals surface area contributed by atoms with Crippen molar-refractivity contribution >= 4 is 16.0 Å². The molecule has 30 heavy (non-hydrogen) atoms. The number of likely N-dealkylation sites (tertiary alicyclic amines) is 1. The van der Waals surface area contributed by atoms with Gasteiger partial charge in [-0.15, -0.1) is 0 Å². The van der Waals surface area contributed by atoms with Crippen LogP contribution in [0.5, 0.6) is 0 Å². The Kier molecular flexibility index (Phi) is 8.53. The molecule has 2 N–H and O–H groups in total. The van der Waals surface area contributed by atoms with E-state index in [1.54, 1.807) is 7.05 Å². The zero-order valence-electron chi connectivity index (χ0n) is 18.2. The molecule has 0 amide bonds. The number of rotatable bonds is 7. The van der Waals surface area contributed by atoms with Crippen molar-refractivity contribution in [3.05, 3.63) is 35.9 Å². The van der Waals surface area contributed by atoms with E-state index in [1.165, 1.54) is 5.56 Å². The fraction of sp³-hybridized carbons (Fsp3) is 0.682. The summed E-state index contributed by atoms with van der Waals surface area (Å²) in [5, 5.41) is 3.23. The van der Waals surface area contributed by atoms with Gasteiger partial charge in [0.05, 0.1) is 11.9 Å². The molecule has 168 valence electrons. The fourth-order valence-electron chi connectivity index (χ4n) is 4.42. The molecule has 2 aliphatic rings. The number of sulfonamides is 1. The zero-order valence-corrected chi connectivity index (χ0v) is 19.0. The number of nitrogens with one attached hydrogen (secondary N) is 2. The summed E-state index contributed by atoms with van der Waals surface area (Å²) in [5.74, 6) is 1.85. The van der Waals surface area contributed by atoms with Crippen LogP contribution < -0.4 is 10.0 Å². The molecule has 0 saturated carbocycles. The van der Waals surface area contributed by atoms with Gasteiger partial charge in [0.2, 0.25) is 10.0 Å². The van der Waals surface area contributed by atoms with Crippen LogP contribution in [-0.2, 0) is 14.8 Å². The maximum absolute atomic E-state index is 12.3. The van der Waals surface area contributed by atoms with Crippen molar-refractivity contribution in [3.63, 3.8) is 0 Å². The van der Waals surface area contributed by atoms with Crippen molar-refractivity contribution in [2.75, 3.05) is 45.6 Å². The molecule has 8 heteroatoms. The number of piperidine rings is 1. The van der Waals surface area contributed by atoms with Crippen LogP contribution in [0.2, 0.25) is 0 Å². The van der Waals surface area contributed by atoms with Crippen molar-refractivity contribution in [1.29, 1.82) is 0 Å². The number of ether oxygens (including phenoxy) is 1. The summed E-state index contributed by atoms with van der Waals surface area (Å²) in [5.41, 5.74) is 1.40. The summed E-state index contributed by atoms with van der Waals surface area (Å²) in [6.07, 6.45) is 4.15. The molecule has 0 aromatic heterocycles. The number of hydrogen-bond acceptors (Lipinski definition) is 4. The highest BCUT2D eigenvalue weighted by Gasteiger charge is 2.28. The highest BCUT2D eigenvalue weighted by atomic mass is 32.2. The third-order valence-corrected chi connectivity index (χ3v) is 7.45. The van der Waals surface area contributed by atoms with Gasteiger partial charge in [0.1, 0.15) is 0 Å². The Morgan fingerprint density at radius 3 is 2.70 bits per heavy atom. The van der Waals surface area contributed by atoms with Crippen molar-refractivity contribution < 1.29 is 13.2 Å². The van der Waals surface area contributed by atoms with E-state index in [0.29, 0.717) is 24.9 Å². The summed E-state index contributed by atoms with van der Waals surface area (Å²) < 4.78 is 32.9. The van der Waals surface area contributed by atoms with Gasteiger partial charge in [-0.2, -0.15) is 0 Å². The summed E-state index contributed by atoms with van der Waals surface area (Å²) in [7, 11) is -1.58. The van der Waals surface area contributed by atoms with Crippen LogP contribution in [0.15, 0.2) is 35.3 Å². The first-order valence-corrected chi connectivity index (χ1v) is 12.7. The molecule has 3 rings (SSSR count). The third kappa shape index (κ3) is 6.68. The van der Waals surface area contributed by atoms with Crippen molar-refractivity contribution in [3.8, 4) is 0 Å². The molecular formula is C22H36N4O3S. The van der Waals surface area contributed by atoms with Crippen LogP contribution in [-0.4, -0.2) is 71.0 Å². The van der Waals surface area contributed by atoms with Gasteiger partial charge >= 0.3 is 0 Å². The minimum absolute atomic E-state index is 0.00153. The standard InChI is InChI=1S/C22H36N4O3S/c1-18-17-26(13-11-21(18)19-8-4-3-5-9-19)22(23-2)24-12-15-30(27,28)25-16-20-10-6-7-14-29-20/h3-5,8-9,18,20-21,25H,6-7,10-17H2,1-2H3,(H,23,24). The Hall–Kier alpha value is -1.64. The molecule has 7 nitrogen and oxygen atoms in total. The lowest BCUT2D eigenvalue weighted by atomic mass is 9.82. The molecular weight excluding hydrogens is 400 g/mol. The number of guanidine groups is 1. The average molecular weight is 437 g/mol. The van der Waals surface area contributed by atoms with Crippen LogP contribution in [0, 0.1) is 5.92 Å². The molecule has 2 heterocycles. The monoisotopic (exact) mass is 436 g/mol. The maximum atomic E-state index is 12.3. The van der Waals surface area contributed by atoms with E-state index in [0.717, 1.165) is 51.3 Å². The van der Waals surface area contributed by atoms with Crippen molar-refractivity contribution in [2.24, 2.45) is 10.9 Å².